The Morgan fingerprint density at radius 1 is 1.16 bits per heavy atom. The van der Waals surface area contributed by atoms with Crippen LogP contribution in [0.15, 0.2) is 47.6 Å². The van der Waals surface area contributed by atoms with Crippen LogP contribution in [0.5, 0.6) is 5.75 Å². The molecule has 19 heavy (non-hydrogen) atoms. The number of para-hydroxylation sites is 1. The van der Waals surface area contributed by atoms with Crippen LogP contribution in [-0.2, 0) is 0 Å². The second-order valence-corrected chi connectivity index (χ2v) is 4.80. The molecule has 2 aromatic rings. The summed E-state index contributed by atoms with van der Waals surface area (Å²) in [7, 11) is 0. The number of phenolic OH excluding ortho intramolecular Hbond substituents is 1. The highest BCUT2D eigenvalue weighted by molar-refractivity contribution is 6.36. The molecule has 0 saturated heterocycles. The maximum atomic E-state index is 9.89. The van der Waals surface area contributed by atoms with E-state index >= 15 is 0 Å². The van der Waals surface area contributed by atoms with Crippen LogP contribution in [0.3, 0.4) is 0 Å². The molecule has 0 fully saturated rings. The van der Waals surface area contributed by atoms with Gasteiger partial charge in [-0.1, -0.05) is 41.4 Å². The number of hydrazone groups is 1. The Bertz CT molecular complexity index is 612. The Kier molecular flexibility index (Phi) is 4.30. The van der Waals surface area contributed by atoms with Gasteiger partial charge in [0.1, 0.15) is 5.75 Å². The summed E-state index contributed by atoms with van der Waals surface area (Å²) in [5.74, 6) is -0.0258. The van der Waals surface area contributed by atoms with Crippen molar-refractivity contribution in [1.29, 1.82) is 0 Å². The third-order valence-electron chi connectivity index (χ3n) is 2.54. The van der Waals surface area contributed by atoms with Crippen LogP contribution in [0.1, 0.15) is 12.5 Å². The van der Waals surface area contributed by atoms with Crippen molar-refractivity contribution in [2.75, 3.05) is 5.43 Å². The monoisotopic (exact) mass is 294 g/mol. The first kappa shape index (κ1) is 13.7. The van der Waals surface area contributed by atoms with E-state index < -0.39 is 0 Å². The Balaban J connectivity index is 2.27. The van der Waals surface area contributed by atoms with Crippen LogP contribution in [0.25, 0.3) is 0 Å². The lowest BCUT2D eigenvalue weighted by molar-refractivity contribution is 0.474. The van der Waals surface area contributed by atoms with Gasteiger partial charge in [-0.05, 0) is 31.2 Å². The fraction of sp³-hybridized carbons (Fsp3) is 0.0714. The second kappa shape index (κ2) is 5.95. The summed E-state index contributed by atoms with van der Waals surface area (Å²) >= 11 is 11.8. The zero-order valence-corrected chi connectivity index (χ0v) is 11.7. The first-order valence-corrected chi connectivity index (χ1v) is 6.37. The van der Waals surface area contributed by atoms with Crippen molar-refractivity contribution in [1.82, 2.24) is 0 Å². The normalized spacial score (nSPS) is 11.4. The van der Waals surface area contributed by atoms with E-state index in [-0.39, 0.29) is 10.8 Å². The van der Waals surface area contributed by atoms with E-state index in [1.54, 1.807) is 13.0 Å². The van der Waals surface area contributed by atoms with Crippen molar-refractivity contribution in [3.8, 4) is 5.75 Å². The summed E-state index contributed by atoms with van der Waals surface area (Å²) in [6, 6.07) is 12.6. The highest BCUT2D eigenvalue weighted by Gasteiger charge is 2.10. The van der Waals surface area contributed by atoms with Crippen molar-refractivity contribution in [2.24, 2.45) is 5.10 Å². The predicted molar refractivity (Wildman–Crippen MR) is 80.4 cm³/mol. The number of nitrogens with zero attached hydrogens (tertiary/aromatic N) is 1. The number of phenols is 1. The standard InChI is InChI=1S/C14H12Cl2N2O/c1-9(17-18-11-5-3-2-4-6-11)12-7-10(15)8-13(16)14(12)19/h2-8,18-19H,1H3/b17-9+. The molecule has 2 N–H and O–H groups in total. The number of hydrogen-bond donors (Lipinski definition) is 2. The summed E-state index contributed by atoms with van der Waals surface area (Å²) < 4.78 is 0. The Hall–Kier alpha value is -1.71. The predicted octanol–water partition coefficient (Wildman–Crippen LogP) is 4.54. The van der Waals surface area contributed by atoms with Crippen molar-refractivity contribution < 1.29 is 5.11 Å². The largest absolute Gasteiger partial charge is 0.506 e. The first-order valence-electron chi connectivity index (χ1n) is 5.61. The number of anilines is 1. The molecule has 2 rings (SSSR count). The molecular formula is C14H12Cl2N2O. The van der Waals surface area contributed by atoms with Crippen LogP contribution >= 0.6 is 23.2 Å². The van der Waals surface area contributed by atoms with Crippen LogP contribution in [0, 0.1) is 0 Å². The molecule has 2 aromatic carbocycles. The van der Waals surface area contributed by atoms with E-state index in [9.17, 15) is 5.11 Å². The fourth-order valence-corrected chi connectivity index (χ4v) is 2.06. The lowest BCUT2D eigenvalue weighted by Crippen LogP contribution is -2.00. The van der Waals surface area contributed by atoms with E-state index in [0.29, 0.717) is 16.3 Å². The molecule has 0 aliphatic carbocycles. The van der Waals surface area contributed by atoms with Gasteiger partial charge in [-0.2, -0.15) is 5.10 Å². The zero-order valence-electron chi connectivity index (χ0n) is 10.2. The maximum Gasteiger partial charge on any atom is 0.143 e. The van der Waals surface area contributed by atoms with Crippen molar-refractivity contribution in [3.63, 3.8) is 0 Å². The van der Waals surface area contributed by atoms with Crippen LogP contribution in [0.4, 0.5) is 5.69 Å². The molecule has 98 valence electrons. The van der Waals surface area contributed by atoms with E-state index in [2.05, 4.69) is 10.5 Å². The van der Waals surface area contributed by atoms with Gasteiger partial charge in [-0.3, -0.25) is 5.43 Å². The molecule has 0 unspecified atom stereocenters. The van der Waals surface area contributed by atoms with Gasteiger partial charge in [0.15, 0.2) is 0 Å². The van der Waals surface area contributed by atoms with E-state index in [0.717, 1.165) is 5.69 Å². The van der Waals surface area contributed by atoms with Gasteiger partial charge in [-0.25, -0.2) is 0 Å². The van der Waals surface area contributed by atoms with Gasteiger partial charge in [0.05, 0.1) is 16.4 Å². The van der Waals surface area contributed by atoms with Crippen LogP contribution < -0.4 is 5.43 Å². The van der Waals surface area contributed by atoms with Crippen molar-refractivity contribution in [3.05, 3.63) is 58.1 Å². The van der Waals surface area contributed by atoms with E-state index in [4.69, 9.17) is 23.2 Å². The summed E-state index contributed by atoms with van der Waals surface area (Å²) in [6.45, 7) is 1.76. The van der Waals surface area contributed by atoms with E-state index in [1.165, 1.54) is 6.07 Å². The number of halogens is 2. The second-order valence-electron chi connectivity index (χ2n) is 3.96. The number of rotatable bonds is 3. The van der Waals surface area contributed by atoms with Crippen molar-refractivity contribution in [2.45, 2.75) is 6.92 Å². The molecule has 0 aliphatic rings. The average molecular weight is 295 g/mol. The molecule has 3 nitrogen and oxygen atoms in total. The van der Waals surface area contributed by atoms with Crippen molar-refractivity contribution >= 4 is 34.6 Å². The minimum Gasteiger partial charge on any atom is -0.506 e. The lowest BCUT2D eigenvalue weighted by Gasteiger charge is -2.07. The molecule has 0 bridgehead atoms. The molecule has 5 heteroatoms. The maximum absolute atomic E-state index is 9.89. The van der Waals surface area contributed by atoms with Crippen LogP contribution in [-0.4, -0.2) is 10.8 Å². The molecule has 0 aliphatic heterocycles. The van der Waals surface area contributed by atoms with Gasteiger partial charge in [0, 0.05) is 10.6 Å². The summed E-state index contributed by atoms with van der Waals surface area (Å²) in [6.07, 6.45) is 0. The quantitative estimate of drug-likeness (QED) is 0.645. The molecule has 0 saturated carbocycles. The molecule has 0 spiro atoms. The third kappa shape index (κ3) is 3.40. The first-order chi connectivity index (χ1) is 9.08. The van der Waals surface area contributed by atoms with Gasteiger partial charge in [0.25, 0.3) is 0 Å². The third-order valence-corrected chi connectivity index (χ3v) is 3.05. The Labute approximate surface area is 121 Å². The molecule has 0 atom stereocenters. The molecule has 0 aromatic heterocycles. The van der Waals surface area contributed by atoms with Gasteiger partial charge in [-0.15, -0.1) is 0 Å². The average Bonchev–Trinajstić information content (AvgIpc) is 2.41. The smallest absolute Gasteiger partial charge is 0.143 e. The highest BCUT2D eigenvalue weighted by Crippen LogP contribution is 2.31. The minimum atomic E-state index is -0.0258. The molecule has 0 radical (unpaired) electrons. The summed E-state index contributed by atoms with van der Waals surface area (Å²) in [5, 5.41) is 14.7. The highest BCUT2D eigenvalue weighted by atomic mass is 35.5. The van der Waals surface area contributed by atoms with Gasteiger partial charge >= 0.3 is 0 Å². The number of aromatic hydroxyl groups is 1. The number of nitrogens with one attached hydrogen (secondary N) is 1. The summed E-state index contributed by atoms with van der Waals surface area (Å²) in [4.78, 5) is 0. The minimum absolute atomic E-state index is 0.0258. The van der Waals surface area contributed by atoms with Crippen LogP contribution in [0.2, 0.25) is 10.0 Å². The Morgan fingerprint density at radius 2 is 1.84 bits per heavy atom. The van der Waals surface area contributed by atoms with Gasteiger partial charge < -0.3 is 5.11 Å². The summed E-state index contributed by atoms with van der Waals surface area (Å²) in [5.41, 5.74) is 4.85. The number of hydrogen-bond acceptors (Lipinski definition) is 3. The molecule has 0 heterocycles. The Morgan fingerprint density at radius 3 is 2.53 bits per heavy atom. The topological polar surface area (TPSA) is 44.6 Å². The molecular weight excluding hydrogens is 283 g/mol. The van der Waals surface area contributed by atoms with Gasteiger partial charge in [0.2, 0.25) is 0 Å². The zero-order chi connectivity index (χ0) is 13.8. The fourth-order valence-electron chi connectivity index (χ4n) is 1.56. The lowest BCUT2D eigenvalue weighted by atomic mass is 10.1. The number of benzene rings is 2. The van der Waals surface area contributed by atoms with E-state index in [1.807, 2.05) is 30.3 Å². The molecule has 0 amide bonds. The SMILES string of the molecule is C/C(=N\Nc1ccccc1)c1cc(Cl)cc(Cl)c1O.